The fraction of sp³-hybridized carbons (Fsp3) is 0.571. The van der Waals surface area contributed by atoms with Gasteiger partial charge in [0.15, 0.2) is 0 Å². The number of hydrogen-bond donors (Lipinski definition) is 1. The highest BCUT2D eigenvalue weighted by molar-refractivity contribution is 5.14. The summed E-state index contributed by atoms with van der Waals surface area (Å²) in [7, 11) is 0. The third-order valence-corrected chi connectivity index (χ3v) is 3.56. The normalized spacial score (nSPS) is 24.1. The Bertz CT molecular complexity index is 369. The lowest BCUT2D eigenvalue weighted by Gasteiger charge is -2.38. The zero-order chi connectivity index (χ0) is 13.0. The predicted octanol–water partition coefficient (Wildman–Crippen LogP) is 2.53. The molecule has 0 aliphatic carbocycles. The van der Waals surface area contributed by atoms with E-state index in [9.17, 15) is 8.78 Å². The second-order valence-electron chi connectivity index (χ2n) is 4.94. The summed E-state index contributed by atoms with van der Waals surface area (Å²) in [6.07, 6.45) is 0.0722. The molecule has 1 saturated heterocycles. The molecule has 1 aromatic rings. The molecule has 1 aliphatic heterocycles. The number of aliphatic hydroxyl groups is 1. The van der Waals surface area contributed by atoms with Gasteiger partial charge < -0.3 is 5.11 Å². The van der Waals surface area contributed by atoms with E-state index in [0.29, 0.717) is 19.6 Å². The lowest BCUT2D eigenvalue weighted by Crippen LogP contribution is -2.47. The highest BCUT2D eigenvalue weighted by Crippen LogP contribution is 2.35. The van der Waals surface area contributed by atoms with E-state index in [0.717, 1.165) is 5.56 Å². The lowest BCUT2D eigenvalue weighted by molar-refractivity contribution is -0.113. The minimum Gasteiger partial charge on any atom is -0.396 e. The van der Waals surface area contributed by atoms with Crippen molar-refractivity contribution in [3.05, 3.63) is 35.9 Å². The number of aliphatic hydroxyl groups excluding tert-OH is 1. The fourth-order valence-electron chi connectivity index (χ4n) is 2.49. The number of rotatable bonds is 4. The van der Waals surface area contributed by atoms with Crippen LogP contribution in [-0.4, -0.2) is 35.6 Å². The summed E-state index contributed by atoms with van der Waals surface area (Å²) in [5.74, 6) is -3.35. The van der Waals surface area contributed by atoms with Gasteiger partial charge in [0.25, 0.3) is 5.92 Å². The molecule has 18 heavy (non-hydrogen) atoms. The number of halogens is 2. The molecule has 1 aliphatic rings. The highest BCUT2D eigenvalue weighted by Gasteiger charge is 2.43. The van der Waals surface area contributed by atoms with Gasteiger partial charge >= 0.3 is 0 Å². The van der Waals surface area contributed by atoms with Crippen LogP contribution in [0.1, 0.15) is 18.4 Å². The van der Waals surface area contributed by atoms with Crippen molar-refractivity contribution >= 4 is 0 Å². The quantitative estimate of drug-likeness (QED) is 0.893. The monoisotopic (exact) mass is 255 g/mol. The van der Waals surface area contributed by atoms with Crippen molar-refractivity contribution in [2.24, 2.45) is 5.92 Å². The number of alkyl halides is 2. The molecular formula is C14H19F2NO. The van der Waals surface area contributed by atoms with Crippen molar-refractivity contribution in [2.45, 2.75) is 25.3 Å². The van der Waals surface area contributed by atoms with Crippen molar-refractivity contribution in [2.75, 3.05) is 19.7 Å². The molecule has 1 heterocycles. The zero-order valence-electron chi connectivity index (χ0n) is 10.4. The molecule has 1 atom stereocenters. The highest BCUT2D eigenvalue weighted by atomic mass is 19.3. The third-order valence-electron chi connectivity index (χ3n) is 3.56. The predicted molar refractivity (Wildman–Crippen MR) is 66.5 cm³/mol. The van der Waals surface area contributed by atoms with E-state index in [1.54, 1.807) is 0 Å². The molecule has 0 unspecified atom stereocenters. The molecule has 100 valence electrons. The molecular weight excluding hydrogens is 236 g/mol. The average Bonchev–Trinajstić information content (AvgIpc) is 2.35. The maximum atomic E-state index is 13.6. The molecule has 0 aromatic heterocycles. The number of hydrogen-bond acceptors (Lipinski definition) is 2. The van der Waals surface area contributed by atoms with E-state index in [-0.39, 0.29) is 19.4 Å². The van der Waals surface area contributed by atoms with Crippen molar-refractivity contribution < 1.29 is 13.9 Å². The van der Waals surface area contributed by atoms with Gasteiger partial charge in [-0.05, 0) is 12.0 Å². The van der Waals surface area contributed by atoms with Crippen LogP contribution in [0.25, 0.3) is 0 Å². The summed E-state index contributed by atoms with van der Waals surface area (Å²) in [4.78, 5) is 2.05. The smallest absolute Gasteiger partial charge is 0.253 e. The van der Waals surface area contributed by atoms with Crippen LogP contribution >= 0.6 is 0 Å². The summed E-state index contributed by atoms with van der Waals surface area (Å²) in [5.41, 5.74) is 1.14. The molecule has 0 saturated carbocycles. The molecule has 1 N–H and O–H groups in total. The molecule has 2 rings (SSSR count). The second-order valence-corrected chi connectivity index (χ2v) is 4.94. The first-order chi connectivity index (χ1) is 8.62. The second kappa shape index (κ2) is 5.76. The van der Waals surface area contributed by atoms with Crippen LogP contribution in [0.5, 0.6) is 0 Å². The lowest BCUT2D eigenvalue weighted by atomic mass is 9.90. The van der Waals surface area contributed by atoms with Gasteiger partial charge in [-0.1, -0.05) is 30.3 Å². The SMILES string of the molecule is OCC[C@@H]1CN(Cc2ccccc2)CCC1(F)F. The van der Waals surface area contributed by atoms with Crippen LogP contribution < -0.4 is 0 Å². The van der Waals surface area contributed by atoms with E-state index in [2.05, 4.69) is 0 Å². The van der Waals surface area contributed by atoms with Crippen molar-refractivity contribution in [3.63, 3.8) is 0 Å². The van der Waals surface area contributed by atoms with Crippen LogP contribution in [0.4, 0.5) is 8.78 Å². The minimum atomic E-state index is -2.63. The van der Waals surface area contributed by atoms with Crippen LogP contribution in [0.15, 0.2) is 30.3 Å². The zero-order valence-corrected chi connectivity index (χ0v) is 10.4. The Morgan fingerprint density at radius 1 is 1.28 bits per heavy atom. The maximum absolute atomic E-state index is 13.6. The van der Waals surface area contributed by atoms with Gasteiger partial charge in [-0.3, -0.25) is 4.90 Å². The third kappa shape index (κ3) is 3.27. The topological polar surface area (TPSA) is 23.5 Å². The van der Waals surface area contributed by atoms with Crippen molar-refractivity contribution in [3.8, 4) is 0 Å². The summed E-state index contributed by atoms with van der Waals surface area (Å²) < 4.78 is 27.3. The standard InChI is InChI=1S/C14H19F2NO/c15-14(16)7-8-17(11-13(14)6-9-18)10-12-4-2-1-3-5-12/h1-5,13,18H,6-11H2/t13-/m1/s1. The van der Waals surface area contributed by atoms with Crippen LogP contribution in [0.3, 0.4) is 0 Å². The maximum Gasteiger partial charge on any atom is 0.253 e. The molecule has 0 radical (unpaired) electrons. The van der Waals surface area contributed by atoms with E-state index in [1.807, 2.05) is 35.2 Å². The Morgan fingerprint density at radius 2 is 2.00 bits per heavy atom. The first-order valence-corrected chi connectivity index (χ1v) is 6.37. The number of benzene rings is 1. The summed E-state index contributed by atoms with van der Waals surface area (Å²) in [6, 6.07) is 9.88. The molecule has 1 fully saturated rings. The number of likely N-dealkylation sites (tertiary alicyclic amines) is 1. The molecule has 1 aromatic carbocycles. The molecule has 0 spiro atoms. The van der Waals surface area contributed by atoms with E-state index >= 15 is 0 Å². The van der Waals surface area contributed by atoms with E-state index in [1.165, 1.54) is 0 Å². The first-order valence-electron chi connectivity index (χ1n) is 6.37. The summed E-state index contributed by atoms with van der Waals surface area (Å²) in [5, 5.41) is 8.87. The molecule has 2 nitrogen and oxygen atoms in total. The van der Waals surface area contributed by atoms with Crippen molar-refractivity contribution in [1.82, 2.24) is 4.90 Å². The average molecular weight is 255 g/mol. The van der Waals surface area contributed by atoms with Crippen LogP contribution in [-0.2, 0) is 6.54 Å². The number of nitrogens with zero attached hydrogens (tertiary/aromatic N) is 1. The van der Waals surface area contributed by atoms with Crippen LogP contribution in [0.2, 0.25) is 0 Å². The Morgan fingerprint density at radius 3 is 2.67 bits per heavy atom. The van der Waals surface area contributed by atoms with Gasteiger partial charge in [0, 0.05) is 38.6 Å². The largest absolute Gasteiger partial charge is 0.396 e. The molecule has 4 heteroatoms. The minimum absolute atomic E-state index is 0.107. The van der Waals surface area contributed by atoms with Gasteiger partial charge in [0.2, 0.25) is 0 Å². The van der Waals surface area contributed by atoms with Crippen LogP contribution in [0, 0.1) is 5.92 Å². The Balaban J connectivity index is 1.96. The van der Waals surface area contributed by atoms with Crippen molar-refractivity contribution in [1.29, 1.82) is 0 Å². The Labute approximate surface area is 106 Å². The van der Waals surface area contributed by atoms with E-state index in [4.69, 9.17) is 5.11 Å². The molecule has 0 bridgehead atoms. The van der Waals surface area contributed by atoms with Gasteiger partial charge in [-0.2, -0.15) is 0 Å². The van der Waals surface area contributed by atoms with Gasteiger partial charge in [-0.15, -0.1) is 0 Å². The van der Waals surface area contributed by atoms with Gasteiger partial charge in [-0.25, -0.2) is 8.78 Å². The van der Waals surface area contributed by atoms with Gasteiger partial charge in [0.1, 0.15) is 0 Å². The summed E-state index contributed by atoms with van der Waals surface area (Å²) in [6.45, 7) is 1.32. The molecule has 0 amide bonds. The first kappa shape index (κ1) is 13.4. The van der Waals surface area contributed by atoms with E-state index < -0.39 is 11.8 Å². The number of piperidine rings is 1. The summed E-state index contributed by atoms with van der Waals surface area (Å²) >= 11 is 0. The van der Waals surface area contributed by atoms with Gasteiger partial charge in [0.05, 0.1) is 0 Å². The fourth-order valence-corrected chi connectivity index (χ4v) is 2.49. The Kier molecular flexibility index (Phi) is 4.30. The Hall–Kier alpha value is -1.00.